The highest BCUT2D eigenvalue weighted by Gasteiger charge is 2.15. The number of morpholine rings is 1. The summed E-state index contributed by atoms with van der Waals surface area (Å²) in [5.74, 6) is 0.0441. The van der Waals surface area contributed by atoms with Crippen LogP contribution < -0.4 is 10.2 Å². The summed E-state index contributed by atoms with van der Waals surface area (Å²) in [6, 6.07) is 13.8. The minimum absolute atomic E-state index is 0.186. The van der Waals surface area contributed by atoms with Gasteiger partial charge in [-0.15, -0.1) is 0 Å². The van der Waals surface area contributed by atoms with E-state index in [1.54, 1.807) is 30.3 Å². The quantitative estimate of drug-likeness (QED) is 0.719. The van der Waals surface area contributed by atoms with Gasteiger partial charge in [-0.1, -0.05) is 23.7 Å². The summed E-state index contributed by atoms with van der Waals surface area (Å²) in [4.78, 5) is 18.8. The second-order valence-electron chi connectivity index (χ2n) is 6.65. The van der Waals surface area contributed by atoms with Crippen molar-refractivity contribution in [3.8, 4) is 0 Å². The molecule has 1 amide bonds. The molecule has 0 atom stereocenters. The maximum atomic E-state index is 14.6. The molecule has 5 nitrogen and oxygen atoms in total. The Balaban J connectivity index is 1.51. The van der Waals surface area contributed by atoms with Crippen molar-refractivity contribution in [2.45, 2.75) is 6.42 Å². The largest absolute Gasteiger partial charge is 0.378 e. The minimum Gasteiger partial charge on any atom is -0.378 e. The van der Waals surface area contributed by atoms with Gasteiger partial charge in [0.1, 0.15) is 11.3 Å². The van der Waals surface area contributed by atoms with Gasteiger partial charge in [-0.25, -0.2) is 9.37 Å². The van der Waals surface area contributed by atoms with Crippen LogP contribution in [0.1, 0.15) is 5.56 Å². The maximum absolute atomic E-state index is 14.6. The van der Waals surface area contributed by atoms with E-state index < -0.39 is 5.82 Å². The second-order valence-corrected chi connectivity index (χ2v) is 7.09. The van der Waals surface area contributed by atoms with Crippen LogP contribution in [0.15, 0.2) is 48.5 Å². The van der Waals surface area contributed by atoms with Gasteiger partial charge in [-0.3, -0.25) is 4.79 Å². The predicted molar refractivity (Wildman–Crippen MR) is 109 cm³/mol. The Morgan fingerprint density at radius 2 is 1.89 bits per heavy atom. The van der Waals surface area contributed by atoms with E-state index in [2.05, 4.69) is 15.2 Å². The Morgan fingerprint density at radius 1 is 1.14 bits per heavy atom. The summed E-state index contributed by atoms with van der Waals surface area (Å²) in [5, 5.41) is 4.00. The van der Waals surface area contributed by atoms with Crippen LogP contribution >= 0.6 is 11.6 Å². The highest BCUT2D eigenvalue weighted by molar-refractivity contribution is 6.30. The molecule has 0 radical (unpaired) electrons. The number of amides is 1. The lowest BCUT2D eigenvalue weighted by atomic mass is 10.1. The summed E-state index contributed by atoms with van der Waals surface area (Å²) in [6.07, 6.45) is 0.186. The number of nitrogens with one attached hydrogen (secondary N) is 1. The number of nitrogens with zero attached hydrogens (tertiary/aromatic N) is 2. The average Bonchev–Trinajstić information content (AvgIpc) is 2.70. The number of pyridine rings is 1. The molecule has 1 saturated heterocycles. The standard InChI is InChI=1S/C21H19ClFN3O2/c22-16-4-1-14(2-5-16)11-20(27)24-17-12-15-3-6-19(25-21(15)18(23)13-17)26-7-9-28-10-8-26/h1-6,12-13H,7-11H2,(H,24,27). The molecular formula is C21H19ClFN3O2. The Morgan fingerprint density at radius 3 is 2.64 bits per heavy atom. The summed E-state index contributed by atoms with van der Waals surface area (Å²) in [6.45, 7) is 2.75. The molecule has 7 heteroatoms. The smallest absolute Gasteiger partial charge is 0.228 e. The van der Waals surface area contributed by atoms with Gasteiger partial charge in [0.15, 0.2) is 5.82 Å². The molecule has 0 spiro atoms. The Hall–Kier alpha value is -2.70. The molecule has 1 aliphatic rings. The molecule has 2 aromatic carbocycles. The van der Waals surface area contributed by atoms with Crippen molar-refractivity contribution in [2.24, 2.45) is 0 Å². The van der Waals surface area contributed by atoms with Crippen molar-refractivity contribution in [2.75, 3.05) is 36.5 Å². The van der Waals surface area contributed by atoms with Crippen molar-refractivity contribution in [1.29, 1.82) is 0 Å². The lowest BCUT2D eigenvalue weighted by molar-refractivity contribution is -0.115. The highest BCUT2D eigenvalue weighted by atomic mass is 35.5. The Kier molecular flexibility index (Phi) is 5.41. The maximum Gasteiger partial charge on any atom is 0.228 e. The van der Waals surface area contributed by atoms with Crippen LogP contribution in [0.3, 0.4) is 0 Å². The number of fused-ring (bicyclic) bond motifs is 1. The zero-order valence-electron chi connectivity index (χ0n) is 15.1. The fourth-order valence-corrected chi connectivity index (χ4v) is 3.34. The van der Waals surface area contributed by atoms with Crippen LogP contribution in [-0.4, -0.2) is 37.2 Å². The van der Waals surface area contributed by atoms with Crippen molar-refractivity contribution in [1.82, 2.24) is 4.98 Å². The number of carbonyl (C=O) groups is 1. The summed E-state index contributed by atoms with van der Waals surface area (Å²) in [7, 11) is 0. The number of halogens is 2. The summed E-state index contributed by atoms with van der Waals surface area (Å²) < 4.78 is 20.0. The van der Waals surface area contributed by atoms with Gasteiger partial charge in [0.05, 0.1) is 19.6 Å². The van der Waals surface area contributed by atoms with Gasteiger partial charge in [-0.05, 0) is 42.0 Å². The van der Waals surface area contributed by atoms with Gasteiger partial charge in [-0.2, -0.15) is 0 Å². The molecule has 1 N–H and O–H groups in total. The molecule has 1 aromatic heterocycles. The Bertz CT molecular complexity index is 1000. The third kappa shape index (κ3) is 4.24. The predicted octanol–water partition coefficient (Wildman–Crippen LogP) is 4.05. The number of hydrogen-bond donors (Lipinski definition) is 1. The van der Waals surface area contributed by atoms with Crippen LogP contribution in [0, 0.1) is 5.82 Å². The molecule has 1 fully saturated rings. The fraction of sp³-hybridized carbons (Fsp3) is 0.238. The molecule has 144 valence electrons. The van der Waals surface area contributed by atoms with Gasteiger partial charge >= 0.3 is 0 Å². The molecule has 0 saturated carbocycles. The fourth-order valence-electron chi connectivity index (χ4n) is 3.22. The van der Waals surface area contributed by atoms with Crippen molar-refractivity contribution in [3.05, 3.63) is 64.9 Å². The minimum atomic E-state index is -0.464. The zero-order chi connectivity index (χ0) is 19.5. The van der Waals surface area contributed by atoms with E-state index in [4.69, 9.17) is 16.3 Å². The number of ether oxygens (including phenoxy) is 1. The van der Waals surface area contributed by atoms with E-state index in [0.29, 0.717) is 34.8 Å². The monoisotopic (exact) mass is 399 g/mol. The van der Waals surface area contributed by atoms with Crippen molar-refractivity contribution >= 4 is 39.9 Å². The number of carbonyl (C=O) groups excluding carboxylic acids is 1. The van der Waals surface area contributed by atoms with E-state index >= 15 is 0 Å². The SMILES string of the molecule is O=C(Cc1ccc(Cl)cc1)Nc1cc(F)c2nc(N3CCOCC3)ccc2c1. The van der Waals surface area contributed by atoms with Crippen molar-refractivity contribution in [3.63, 3.8) is 0 Å². The molecular weight excluding hydrogens is 381 g/mol. The third-order valence-electron chi connectivity index (χ3n) is 4.63. The first kappa shape index (κ1) is 18.7. The van der Waals surface area contributed by atoms with Gasteiger partial charge in [0.2, 0.25) is 5.91 Å². The number of rotatable bonds is 4. The topological polar surface area (TPSA) is 54.5 Å². The average molecular weight is 400 g/mol. The van der Waals surface area contributed by atoms with Crippen molar-refractivity contribution < 1.29 is 13.9 Å². The Labute approximate surface area is 167 Å². The molecule has 3 aromatic rings. The van der Waals surface area contributed by atoms with E-state index in [1.165, 1.54) is 6.07 Å². The molecule has 2 heterocycles. The van der Waals surface area contributed by atoms with Gasteiger partial charge in [0.25, 0.3) is 0 Å². The van der Waals surface area contributed by atoms with Crippen LogP contribution in [0.25, 0.3) is 10.9 Å². The second kappa shape index (κ2) is 8.12. The molecule has 0 unspecified atom stereocenters. The third-order valence-corrected chi connectivity index (χ3v) is 4.88. The van der Waals surface area contributed by atoms with Gasteiger partial charge in [0, 0.05) is 29.2 Å². The zero-order valence-corrected chi connectivity index (χ0v) is 15.9. The van der Waals surface area contributed by atoms with Crippen LogP contribution in [-0.2, 0) is 16.0 Å². The molecule has 0 bridgehead atoms. The number of benzene rings is 2. The van der Waals surface area contributed by atoms with Gasteiger partial charge < -0.3 is 15.0 Å². The van der Waals surface area contributed by atoms with E-state index in [0.717, 1.165) is 24.5 Å². The number of hydrogen-bond acceptors (Lipinski definition) is 4. The number of anilines is 2. The lowest BCUT2D eigenvalue weighted by Gasteiger charge is -2.28. The molecule has 28 heavy (non-hydrogen) atoms. The summed E-state index contributed by atoms with van der Waals surface area (Å²) >= 11 is 5.85. The van der Waals surface area contributed by atoms with E-state index in [1.807, 2.05) is 12.1 Å². The molecule has 4 rings (SSSR count). The number of aromatic nitrogens is 1. The molecule has 0 aliphatic carbocycles. The van der Waals surface area contributed by atoms with Crippen LogP contribution in [0.4, 0.5) is 15.9 Å². The van der Waals surface area contributed by atoms with E-state index in [-0.39, 0.29) is 12.3 Å². The first-order chi connectivity index (χ1) is 13.6. The lowest BCUT2D eigenvalue weighted by Crippen LogP contribution is -2.36. The van der Waals surface area contributed by atoms with Crippen LogP contribution in [0.2, 0.25) is 5.02 Å². The normalized spacial score (nSPS) is 14.3. The first-order valence-corrected chi connectivity index (χ1v) is 9.43. The molecule has 1 aliphatic heterocycles. The van der Waals surface area contributed by atoms with E-state index in [9.17, 15) is 9.18 Å². The first-order valence-electron chi connectivity index (χ1n) is 9.06. The highest BCUT2D eigenvalue weighted by Crippen LogP contribution is 2.25. The summed E-state index contributed by atoms with van der Waals surface area (Å²) in [5.41, 5.74) is 1.53. The van der Waals surface area contributed by atoms with Crippen LogP contribution in [0.5, 0.6) is 0 Å².